The molecule has 4 heteroatoms. The number of halogens is 1. The van der Waals surface area contributed by atoms with Crippen molar-refractivity contribution in [2.75, 3.05) is 0 Å². The smallest absolute Gasteiger partial charge is 0.307 e. The van der Waals surface area contributed by atoms with Gasteiger partial charge in [-0.2, -0.15) is 0 Å². The first-order chi connectivity index (χ1) is 6.99. The van der Waals surface area contributed by atoms with Crippen molar-refractivity contribution in [1.82, 2.24) is 0 Å². The van der Waals surface area contributed by atoms with Crippen molar-refractivity contribution in [2.24, 2.45) is 0 Å². The lowest BCUT2D eigenvalue weighted by Crippen LogP contribution is -2.03. The van der Waals surface area contributed by atoms with Crippen LogP contribution in [0.4, 0.5) is 0 Å². The Morgan fingerprint density at radius 3 is 2.53 bits per heavy atom. The quantitative estimate of drug-likeness (QED) is 0.913. The van der Waals surface area contributed by atoms with Crippen LogP contribution < -0.4 is 0 Å². The molecule has 1 aromatic carbocycles. The molecular formula is C11H11BrO3. The molecule has 0 unspecified atom stereocenters. The van der Waals surface area contributed by atoms with Crippen molar-refractivity contribution in [1.29, 1.82) is 0 Å². The van der Waals surface area contributed by atoms with Crippen LogP contribution in [0.2, 0.25) is 0 Å². The van der Waals surface area contributed by atoms with Crippen LogP contribution in [0.5, 0.6) is 0 Å². The Hall–Kier alpha value is -1.16. The summed E-state index contributed by atoms with van der Waals surface area (Å²) in [4.78, 5) is 21.5. The van der Waals surface area contributed by atoms with E-state index in [0.717, 1.165) is 10.0 Å². The molecule has 0 saturated heterocycles. The van der Waals surface area contributed by atoms with Gasteiger partial charge in [-0.3, -0.25) is 9.59 Å². The van der Waals surface area contributed by atoms with Gasteiger partial charge in [-0.25, -0.2) is 0 Å². The van der Waals surface area contributed by atoms with Gasteiger partial charge in [-0.05, 0) is 24.1 Å². The van der Waals surface area contributed by atoms with Gasteiger partial charge in [-0.1, -0.05) is 28.1 Å². The van der Waals surface area contributed by atoms with Crippen molar-refractivity contribution < 1.29 is 14.7 Å². The van der Waals surface area contributed by atoms with Gasteiger partial charge in [-0.15, -0.1) is 0 Å². The zero-order valence-electron chi connectivity index (χ0n) is 8.29. The average Bonchev–Trinajstić information content (AvgIpc) is 2.09. The first-order valence-electron chi connectivity index (χ1n) is 4.47. The maximum Gasteiger partial charge on any atom is 0.307 e. The van der Waals surface area contributed by atoms with E-state index in [9.17, 15) is 9.59 Å². The highest BCUT2D eigenvalue weighted by Crippen LogP contribution is 2.19. The molecule has 0 aromatic heterocycles. The Kier molecular flexibility index (Phi) is 4.03. The highest BCUT2D eigenvalue weighted by atomic mass is 79.9. The minimum Gasteiger partial charge on any atom is -0.481 e. The lowest BCUT2D eigenvalue weighted by Gasteiger charge is -2.04. The molecule has 0 aliphatic carbocycles. The lowest BCUT2D eigenvalue weighted by molar-refractivity contribution is -0.136. The molecule has 0 atom stereocenters. The summed E-state index contributed by atoms with van der Waals surface area (Å²) in [5, 5.41) is 8.63. The molecule has 0 aliphatic rings. The summed E-state index contributed by atoms with van der Waals surface area (Å²) in [5.41, 5.74) is 1.54. The number of Topliss-reactive ketones (excluding diaryl/α,β-unsaturated/α-hetero) is 1. The van der Waals surface area contributed by atoms with Crippen molar-refractivity contribution in [2.45, 2.75) is 19.8 Å². The number of hydrogen-bond donors (Lipinski definition) is 1. The highest BCUT2D eigenvalue weighted by Gasteiger charge is 2.06. The average molecular weight is 271 g/mol. The Labute approximate surface area is 96.2 Å². The summed E-state index contributed by atoms with van der Waals surface area (Å²) in [6, 6.07) is 5.26. The first kappa shape index (κ1) is 11.9. The van der Waals surface area contributed by atoms with Gasteiger partial charge in [0, 0.05) is 10.9 Å². The molecule has 0 radical (unpaired) electrons. The molecular weight excluding hydrogens is 260 g/mol. The number of hydrogen-bond acceptors (Lipinski definition) is 2. The van der Waals surface area contributed by atoms with Crippen LogP contribution in [0.15, 0.2) is 22.7 Å². The number of rotatable bonds is 4. The molecule has 0 amide bonds. The van der Waals surface area contributed by atoms with E-state index in [1.165, 1.54) is 6.92 Å². The third-order valence-electron chi connectivity index (χ3n) is 1.90. The second kappa shape index (κ2) is 5.07. The largest absolute Gasteiger partial charge is 0.481 e. The van der Waals surface area contributed by atoms with Crippen molar-refractivity contribution in [3.63, 3.8) is 0 Å². The van der Waals surface area contributed by atoms with Crippen molar-refractivity contribution in [3.05, 3.63) is 33.8 Å². The zero-order valence-corrected chi connectivity index (χ0v) is 9.87. The number of carbonyl (C=O) groups excluding carboxylic acids is 1. The Morgan fingerprint density at radius 1 is 1.33 bits per heavy atom. The topological polar surface area (TPSA) is 54.4 Å². The molecule has 1 aromatic rings. The van der Waals surface area contributed by atoms with E-state index in [1.807, 2.05) is 0 Å². The maximum absolute atomic E-state index is 11.0. The Morgan fingerprint density at radius 2 is 2.00 bits per heavy atom. The fraction of sp³-hybridized carbons (Fsp3) is 0.273. The van der Waals surface area contributed by atoms with E-state index in [-0.39, 0.29) is 12.2 Å². The minimum atomic E-state index is -0.869. The summed E-state index contributed by atoms with van der Waals surface area (Å²) in [7, 11) is 0. The molecule has 0 saturated carbocycles. The number of carbonyl (C=O) groups is 2. The summed E-state index contributed by atoms with van der Waals surface area (Å²) < 4.78 is 0.840. The van der Waals surface area contributed by atoms with E-state index < -0.39 is 5.97 Å². The molecule has 0 spiro atoms. The van der Waals surface area contributed by atoms with Gasteiger partial charge in [0.2, 0.25) is 0 Å². The molecule has 1 rings (SSSR count). The molecule has 0 aliphatic heterocycles. The predicted octanol–water partition coefficient (Wildman–Crippen LogP) is 2.21. The maximum atomic E-state index is 11.0. The standard InChI is InChI=1S/C11H11BrO3/c1-7(13)4-9-5-8(6-11(14)15)2-3-10(9)12/h2-3,5H,4,6H2,1H3,(H,14,15). The fourth-order valence-electron chi connectivity index (χ4n) is 1.32. The van der Waals surface area contributed by atoms with Gasteiger partial charge in [0.15, 0.2) is 0 Å². The van der Waals surface area contributed by atoms with E-state index >= 15 is 0 Å². The van der Waals surface area contributed by atoms with Crippen molar-refractivity contribution >= 4 is 27.7 Å². The molecule has 80 valence electrons. The zero-order chi connectivity index (χ0) is 11.4. The van der Waals surface area contributed by atoms with Crippen LogP contribution in [0.25, 0.3) is 0 Å². The Balaban J connectivity index is 2.94. The van der Waals surface area contributed by atoms with E-state index in [4.69, 9.17) is 5.11 Å². The van der Waals surface area contributed by atoms with E-state index in [0.29, 0.717) is 12.0 Å². The van der Waals surface area contributed by atoms with Gasteiger partial charge >= 0.3 is 5.97 Å². The van der Waals surface area contributed by atoms with Gasteiger partial charge in [0.05, 0.1) is 6.42 Å². The Bertz CT molecular complexity index is 399. The summed E-state index contributed by atoms with van der Waals surface area (Å²) >= 11 is 3.33. The van der Waals surface area contributed by atoms with Crippen LogP contribution in [-0.2, 0) is 22.4 Å². The lowest BCUT2D eigenvalue weighted by atomic mass is 10.0. The van der Waals surface area contributed by atoms with Crippen LogP contribution >= 0.6 is 15.9 Å². The summed E-state index contributed by atoms with van der Waals surface area (Å²) in [5.74, 6) is -0.811. The van der Waals surface area contributed by atoms with Crippen LogP contribution in [0.3, 0.4) is 0 Å². The van der Waals surface area contributed by atoms with Gasteiger partial charge in [0.25, 0.3) is 0 Å². The van der Waals surface area contributed by atoms with Crippen LogP contribution in [-0.4, -0.2) is 16.9 Å². The first-order valence-corrected chi connectivity index (χ1v) is 5.27. The summed E-state index contributed by atoms with van der Waals surface area (Å²) in [6.45, 7) is 1.51. The molecule has 0 heterocycles. The minimum absolute atomic E-state index is 0.0157. The van der Waals surface area contributed by atoms with Crippen molar-refractivity contribution in [3.8, 4) is 0 Å². The third-order valence-corrected chi connectivity index (χ3v) is 2.68. The molecule has 0 bridgehead atoms. The fourth-order valence-corrected chi connectivity index (χ4v) is 1.70. The van der Waals surface area contributed by atoms with E-state index in [2.05, 4.69) is 15.9 Å². The second-order valence-corrected chi connectivity index (χ2v) is 4.23. The molecule has 0 fully saturated rings. The number of aliphatic carboxylic acids is 1. The second-order valence-electron chi connectivity index (χ2n) is 3.38. The molecule has 1 N–H and O–H groups in total. The van der Waals surface area contributed by atoms with Crippen LogP contribution in [0.1, 0.15) is 18.1 Å². The highest BCUT2D eigenvalue weighted by molar-refractivity contribution is 9.10. The number of carboxylic acids is 1. The van der Waals surface area contributed by atoms with Gasteiger partial charge in [0.1, 0.15) is 5.78 Å². The molecule has 3 nitrogen and oxygen atoms in total. The van der Waals surface area contributed by atoms with Gasteiger partial charge < -0.3 is 5.11 Å². The van der Waals surface area contributed by atoms with Crippen LogP contribution in [0, 0.1) is 0 Å². The SMILES string of the molecule is CC(=O)Cc1cc(CC(=O)O)ccc1Br. The normalized spacial score (nSPS) is 10.0. The third kappa shape index (κ3) is 3.83. The monoisotopic (exact) mass is 270 g/mol. The number of carboxylic acid groups (broad SMARTS) is 1. The summed E-state index contributed by atoms with van der Waals surface area (Å²) in [6.07, 6.45) is 0.312. The van der Waals surface area contributed by atoms with E-state index in [1.54, 1.807) is 18.2 Å². The predicted molar refractivity (Wildman–Crippen MR) is 59.9 cm³/mol. The molecule has 15 heavy (non-hydrogen) atoms. The number of benzene rings is 1. The number of ketones is 1.